The Bertz CT molecular complexity index is 575. The van der Waals surface area contributed by atoms with Crippen LogP contribution in [0.3, 0.4) is 0 Å². The number of hydrogen-bond acceptors (Lipinski definition) is 3. The van der Waals surface area contributed by atoms with Gasteiger partial charge in [0.05, 0.1) is 0 Å². The standard InChI is InChI=1S/C13H13NOS2/c16-12-11(10-6-2-1-3-7-10)15-13(17-12)14-8-4-5-9-14/h1-3,6-7H,4-5,8-9H2. The molecule has 1 aliphatic heterocycles. The molecule has 1 saturated heterocycles. The van der Waals surface area contributed by atoms with E-state index in [0.717, 1.165) is 33.5 Å². The van der Waals surface area contributed by atoms with E-state index >= 15 is 0 Å². The fourth-order valence-corrected chi connectivity index (χ4v) is 3.29. The Labute approximate surface area is 110 Å². The van der Waals surface area contributed by atoms with Crippen molar-refractivity contribution in [3.8, 4) is 11.3 Å². The molecule has 2 aromatic rings. The van der Waals surface area contributed by atoms with Crippen molar-refractivity contribution in [2.24, 2.45) is 0 Å². The lowest BCUT2D eigenvalue weighted by molar-refractivity contribution is 0.473. The largest absolute Gasteiger partial charge is 0.424 e. The van der Waals surface area contributed by atoms with Crippen molar-refractivity contribution in [3.63, 3.8) is 0 Å². The van der Waals surface area contributed by atoms with Crippen molar-refractivity contribution < 1.29 is 4.42 Å². The van der Waals surface area contributed by atoms with Gasteiger partial charge in [-0.2, -0.15) is 0 Å². The zero-order chi connectivity index (χ0) is 11.7. The molecular formula is C13H13NOS2. The summed E-state index contributed by atoms with van der Waals surface area (Å²) in [6.07, 6.45) is 2.50. The van der Waals surface area contributed by atoms with Gasteiger partial charge in [0.1, 0.15) is 18.8 Å². The van der Waals surface area contributed by atoms with Gasteiger partial charge in [-0.05, 0) is 0 Å². The molecule has 88 valence electrons. The van der Waals surface area contributed by atoms with Crippen LogP contribution in [-0.4, -0.2) is 13.1 Å². The fraction of sp³-hybridized carbons (Fsp3) is 0.308. The number of rotatable bonds is 1. The molecule has 2 nitrogen and oxygen atoms in total. The molecule has 1 aromatic heterocycles. The summed E-state index contributed by atoms with van der Waals surface area (Å²) in [4.78, 5) is 0.964. The van der Waals surface area contributed by atoms with Crippen molar-refractivity contribution in [3.05, 3.63) is 35.2 Å². The highest BCUT2D eigenvalue weighted by Crippen LogP contribution is 2.24. The van der Waals surface area contributed by atoms with Crippen molar-refractivity contribution in [2.45, 2.75) is 17.1 Å². The fourth-order valence-electron chi connectivity index (χ4n) is 2.07. The summed E-state index contributed by atoms with van der Waals surface area (Å²) in [7, 11) is 0. The quantitative estimate of drug-likeness (QED) is 0.580. The first-order valence-electron chi connectivity index (χ1n) is 5.79. The first-order valence-corrected chi connectivity index (χ1v) is 7.01. The minimum absolute atomic E-state index is 0.840. The monoisotopic (exact) mass is 263 g/mol. The Morgan fingerprint density at radius 3 is 2.53 bits per heavy atom. The van der Waals surface area contributed by atoms with Crippen LogP contribution in [-0.2, 0) is 12.6 Å². The summed E-state index contributed by atoms with van der Waals surface area (Å²) in [5.41, 5.74) is 1.07. The maximum Gasteiger partial charge on any atom is 0.332 e. The lowest BCUT2D eigenvalue weighted by Gasteiger charge is -1.99. The molecule has 0 amide bonds. The molecule has 0 spiro atoms. The third-order valence-corrected chi connectivity index (χ3v) is 4.28. The Kier molecular flexibility index (Phi) is 2.99. The van der Waals surface area contributed by atoms with E-state index in [1.165, 1.54) is 12.8 Å². The van der Waals surface area contributed by atoms with Crippen LogP contribution in [0.4, 0.5) is 0 Å². The topological polar surface area (TPSA) is 16.1 Å². The van der Waals surface area contributed by atoms with Crippen LogP contribution in [0, 0.1) is 0 Å². The SMILES string of the molecule is [S-]c1sc(=[N+]2CCCC2)oc1-c1ccccc1. The number of hydrogen-bond donors (Lipinski definition) is 0. The van der Waals surface area contributed by atoms with Gasteiger partial charge in [-0.15, -0.1) is 0 Å². The lowest BCUT2D eigenvalue weighted by atomic mass is 10.2. The first kappa shape index (κ1) is 11.0. The Hall–Kier alpha value is -1.13. The summed E-state index contributed by atoms with van der Waals surface area (Å²) in [6, 6.07) is 10.1. The van der Waals surface area contributed by atoms with Crippen molar-refractivity contribution in [1.82, 2.24) is 4.58 Å². The third-order valence-electron chi connectivity index (χ3n) is 2.96. The highest BCUT2D eigenvalue weighted by molar-refractivity contribution is 7.62. The van der Waals surface area contributed by atoms with Crippen LogP contribution in [0.25, 0.3) is 11.3 Å². The van der Waals surface area contributed by atoms with E-state index in [2.05, 4.69) is 4.58 Å². The molecule has 0 aliphatic carbocycles. The van der Waals surface area contributed by atoms with Gasteiger partial charge in [0.25, 0.3) is 0 Å². The maximum absolute atomic E-state index is 5.92. The van der Waals surface area contributed by atoms with Gasteiger partial charge in [0.2, 0.25) is 0 Å². The molecule has 1 fully saturated rings. The van der Waals surface area contributed by atoms with Gasteiger partial charge in [0.15, 0.2) is 0 Å². The van der Waals surface area contributed by atoms with Gasteiger partial charge in [-0.3, -0.25) is 11.3 Å². The Balaban J connectivity index is 2.11. The summed E-state index contributed by atoms with van der Waals surface area (Å²) >= 11 is 6.97. The molecule has 0 saturated carbocycles. The predicted molar refractivity (Wildman–Crippen MR) is 71.9 cm³/mol. The summed E-state index contributed by atoms with van der Waals surface area (Å²) in [5.74, 6) is 0.840. The zero-order valence-electron chi connectivity index (χ0n) is 9.39. The van der Waals surface area contributed by atoms with E-state index in [0.29, 0.717) is 0 Å². The van der Waals surface area contributed by atoms with E-state index in [4.69, 9.17) is 17.0 Å². The molecular weight excluding hydrogens is 250 g/mol. The number of nitrogens with zero attached hydrogens (tertiary/aromatic N) is 1. The molecule has 0 N–H and O–H groups in total. The van der Waals surface area contributed by atoms with Crippen LogP contribution in [0.15, 0.2) is 39.0 Å². The lowest BCUT2D eigenvalue weighted by Crippen LogP contribution is -2.23. The number of benzene rings is 1. The summed E-state index contributed by atoms with van der Waals surface area (Å²) in [5, 5.41) is 0. The van der Waals surface area contributed by atoms with Crippen LogP contribution in [0.5, 0.6) is 0 Å². The van der Waals surface area contributed by atoms with E-state index in [9.17, 15) is 0 Å². The molecule has 1 aromatic carbocycles. The average molecular weight is 263 g/mol. The molecule has 2 heterocycles. The van der Waals surface area contributed by atoms with Crippen molar-refractivity contribution in [2.75, 3.05) is 13.1 Å². The van der Waals surface area contributed by atoms with E-state index < -0.39 is 0 Å². The molecule has 1 aliphatic rings. The van der Waals surface area contributed by atoms with Gasteiger partial charge in [-0.1, -0.05) is 34.5 Å². The van der Waals surface area contributed by atoms with E-state index in [1.54, 1.807) is 11.3 Å². The Morgan fingerprint density at radius 1 is 1.12 bits per heavy atom. The van der Waals surface area contributed by atoms with Crippen LogP contribution in [0.2, 0.25) is 0 Å². The van der Waals surface area contributed by atoms with Gasteiger partial charge in [-0.25, -0.2) is 4.58 Å². The zero-order valence-corrected chi connectivity index (χ0v) is 11.0. The molecule has 3 rings (SSSR count). The molecule has 0 bridgehead atoms. The smallest absolute Gasteiger partial charge is 0.332 e. The normalized spacial score (nSPS) is 15.4. The third kappa shape index (κ3) is 2.15. The Morgan fingerprint density at radius 2 is 1.82 bits per heavy atom. The molecule has 0 unspecified atom stereocenters. The van der Waals surface area contributed by atoms with E-state index in [-0.39, 0.29) is 0 Å². The van der Waals surface area contributed by atoms with Gasteiger partial charge >= 0.3 is 4.87 Å². The highest BCUT2D eigenvalue weighted by Gasteiger charge is 2.15. The second kappa shape index (κ2) is 4.63. The van der Waals surface area contributed by atoms with E-state index in [1.807, 2.05) is 30.3 Å². The predicted octanol–water partition coefficient (Wildman–Crippen LogP) is 2.48. The average Bonchev–Trinajstić information content (AvgIpc) is 2.99. The molecule has 0 atom stereocenters. The molecule has 4 heteroatoms. The van der Waals surface area contributed by atoms with Crippen LogP contribution >= 0.6 is 11.3 Å². The maximum atomic E-state index is 5.92. The molecule has 0 radical (unpaired) electrons. The summed E-state index contributed by atoms with van der Waals surface area (Å²) < 4.78 is 9.05. The summed E-state index contributed by atoms with van der Waals surface area (Å²) in [6.45, 7) is 2.18. The highest BCUT2D eigenvalue weighted by atomic mass is 32.2. The molecule has 17 heavy (non-hydrogen) atoms. The van der Waals surface area contributed by atoms with Gasteiger partial charge in [0, 0.05) is 18.4 Å². The van der Waals surface area contributed by atoms with Crippen LogP contribution < -0.4 is 9.44 Å². The minimum Gasteiger partial charge on any atom is -0.424 e. The second-order valence-corrected chi connectivity index (χ2v) is 5.78. The van der Waals surface area contributed by atoms with Crippen LogP contribution in [0.1, 0.15) is 12.8 Å². The van der Waals surface area contributed by atoms with Crippen molar-refractivity contribution in [1.29, 1.82) is 0 Å². The second-order valence-electron chi connectivity index (χ2n) is 4.15. The van der Waals surface area contributed by atoms with Crippen molar-refractivity contribution >= 4 is 24.0 Å². The van der Waals surface area contributed by atoms with Gasteiger partial charge < -0.3 is 17.0 Å². The minimum atomic E-state index is 0.840. The first-order chi connectivity index (χ1) is 8.34.